The predicted octanol–water partition coefficient (Wildman–Crippen LogP) is 0.761. The van der Waals surface area contributed by atoms with E-state index in [2.05, 4.69) is 5.32 Å². The van der Waals surface area contributed by atoms with Crippen LogP contribution in [0, 0.1) is 0 Å². The van der Waals surface area contributed by atoms with Crippen molar-refractivity contribution in [1.29, 1.82) is 0 Å². The second kappa shape index (κ2) is 8.53. The van der Waals surface area contributed by atoms with Crippen LogP contribution in [0.2, 0.25) is 0 Å². The maximum absolute atomic E-state index is 12.4. The van der Waals surface area contributed by atoms with E-state index >= 15 is 0 Å². The van der Waals surface area contributed by atoms with Crippen molar-refractivity contribution in [2.24, 2.45) is 0 Å². The lowest BCUT2D eigenvalue weighted by molar-refractivity contribution is -0.135. The molecule has 1 aromatic rings. The van der Waals surface area contributed by atoms with Crippen molar-refractivity contribution in [2.75, 3.05) is 35.3 Å². The van der Waals surface area contributed by atoms with Gasteiger partial charge in [-0.1, -0.05) is 12.1 Å². The summed E-state index contributed by atoms with van der Waals surface area (Å²) in [6.07, 6.45) is 0.437. The van der Waals surface area contributed by atoms with Crippen LogP contribution in [-0.4, -0.2) is 69.0 Å². The van der Waals surface area contributed by atoms with Gasteiger partial charge < -0.3 is 15.0 Å². The molecule has 0 aromatic heterocycles. The number of nitrogens with zero attached hydrogens (tertiary/aromatic N) is 2. The Hall–Kier alpha value is -2.08. The van der Waals surface area contributed by atoms with E-state index in [1.165, 1.54) is 4.90 Å². The van der Waals surface area contributed by atoms with Crippen molar-refractivity contribution in [3.8, 4) is 5.75 Å². The first-order chi connectivity index (χ1) is 10.8. The number of likely N-dealkylation sites (N-methyl/N-ethyl adjacent to an activating group) is 2. The van der Waals surface area contributed by atoms with Crippen molar-refractivity contribution in [2.45, 2.75) is 25.4 Å². The van der Waals surface area contributed by atoms with E-state index in [1.54, 1.807) is 33.0 Å². The lowest BCUT2D eigenvalue weighted by Gasteiger charge is -2.25. The Kier molecular flexibility index (Phi) is 7.03. The number of nitrogens with one attached hydrogen (secondary N) is 1. The lowest BCUT2D eigenvalue weighted by atomic mass is 10.0. The van der Waals surface area contributed by atoms with Crippen molar-refractivity contribution < 1.29 is 14.3 Å². The standard InChI is InChI=1S/C17H27N3O3/c1-12(19(2)3)16(21)18-15(17(22)20(4)5)11-13-7-9-14(23-6)10-8-13/h7-10,12,15H,11H2,1-6H3,(H,18,21). The minimum absolute atomic E-state index is 0.125. The highest BCUT2D eigenvalue weighted by molar-refractivity contribution is 5.89. The molecular formula is C17H27N3O3. The average Bonchev–Trinajstić information content (AvgIpc) is 2.53. The molecule has 2 unspecified atom stereocenters. The Labute approximate surface area is 138 Å². The first-order valence-electron chi connectivity index (χ1n) is 7.57. The first-order valence-corrected chi connectivity index (χ1v) is 7.57. The Morgan fingerprint density at radius 2 is 1.70 bits per heavy atom. The molecule has 128 valence electrons. The highest BCUT2D eigenvalue weighted by Gasteiger charge is 2.25. The maximum Gasteiger partial charge on any atom is 0.244 e. The van der Waals surface area contributed by atoms with Crippen LogP contribution in [-0.2, 0) is 16.0 Å². The molecule has 1 N–H and O–H groups in total. The van der Waals surface area contributed by atoms with Crippen LogP contribution < -0.4 is 10.1 Å². The normalized spacial score (nSPS) is 13.3. The molecule has 0 heterocycles. The summed E-state index contributed by atoms with van der Waals surface area (Å²) in [4.78, 5) is 27.9. The van der Waals surface area contributed by atoms with E-state index in [0.29, 0.717) is 6.42 Å². The van der Waals surface area contributed by atoms with Crippen LogP contribution in [0.25, 0.3) is 0 Å². The number of rotatable bonds is 7. The van der Waals surface area contributed by atoms with Crippen molar-refractivity contribution in [3.63, 3.8) is 0 Å². The summed E-state index contributed by atoms with van der Waals surface area (Å²) in [6, 6.07) is 6.59. The maximum atomic E-state index is 12.4. The van der Waals surface area contributed by atoms with Crippen molar-refractivity contribution in [3.05, 3.63) is 29.8 Å². The molecule has 0 saturated heterocycles. The van der Waals surface area contributed by atoms with Crippen LogP contribution in [0.4, 0.5) is 0 Å². The van der Waals surface area contributed by atoms with Gasteiger partial charge in [0.05, 0.1) is 13.2 Å². The molecule has 23 heavy (non-hydrogen) atoms. The number of methoxy groups -OCH3 is 1. The fourth-order valence-electron chi connectivity index (χ4n) is 2.04. The Morgan fingerprint density at radius 3 is 2.13 bits per heavy atom. The van der Waals surface area contributed by atoms with Crippen LogP contribution in [0.1, 0.15) is 12.5 Å². The number of ether oxygens (including phenoxy) is 1. The Morgan fingerprint density at radius 1 is 1.13 bits per heavy atom. The highest BCUT2D eigenvalue weighted by Crippen LogP contribution is 2.13. The van der Waals surface area contributed by atoms with Gasteiger partial charge in [0.2, 0.25) is 11.8 Å². The quantitative estimate of drug-likeness (QED) is 0.805. The summed E-state index contributed by atoms with van der Waals surface area (Å²) in [5, 5.41) is 2.85. The van der Waals surface area contributed by atoms with E-state index < -0.39 is 6.04 Å². The van der Waals surface area contributed by atoms with E-state index in [1.807, 2.05) is 38.4 Å². The van der Waals surface area contributed by atoms with Gasteiger partial charge >= 0.3 is 0 Å². The van der Waals surface area contributed by atoms with Crippen molar-refractivity contribution >= 4 is 11.8 Å². The molecule has 0 aliphatic heterocycles. The number of carbonyl (C=O) groups excluding carboxylic acids is 2. The molecule has 0 saturated carbocycles. The molecule has 6 nitrogen and oxygen atoms in total. The molecule has 0 fully saturated rings. The summed E-state index contributed by atoms with van der Waals surface area (Å²) in [6.45, 7) is 1.81. The van der Waals surface area contributed by atoms with Crippen molar-refractivity contribution in [1.82, 2.24) is 15.1 Å². The van der Waals surface area contributed by atoms with Gasteiger partial charge in [-0.25, -0.2) is 0 Å². The minimum Gasteiger partial charge on any atom is -0.497 e. The van der Waals surface area contributed by atoms with E-state index in [4.69, 9.17) is 4.74 Å². The minimum atomic E-state index is -0.590. The smallest absolute Gasteiger partial charge is 0.244 e. The van der Waals surface area contributed by atoms with E-state index in [9.17, 15) is 9.59 Å². The van der Waals surface area contributed by atoms with Gasteiger partial charge in [0.25, 0.3) is 0 Å². The summed E-state index contributed by atoms with van der Waals surface area (Å²) < 4.78 is 5.13. The topological polar surface area (TPSA) is 61.9 Å². The fraction of sp³-hybridized carbons (Fsp3) is 0.529. The molecule has 6 heteroatoms. The zero-order chi connectivity index (χ0) is 17.6. The van der Waals surface area contributed by atoms with Gasteiger partial charge in [-0.3, -0.25) is 14.5 Å². The Balaban J connectivity index is 2.87. The van der Waals surface area contributed by atoms with Gasteiger partial charge in [-0.2, -0.15) is 0 Å². The molecule has 2 amide bonds. The third-order valence-electron chi connectivity index (χ3n) is 3.81. The van der Waals surface area contributed by atoms with Gasteiger partial charge in [0.15, 0.2) is 0 Å². The zero-order valence-electron chi connectivity index (χ0n) is 14.8. The van der Waals surface area contributed by atoms with Gasteiger partial charge in [-0.15, -0.1) is 0 Å². The number of hydrogen-bond acceptors (Lipinski definition) is 4. The molecule has 0 aliphatic rings. The summed E-state index contributed by atoms with van der Waals surface area (Å²) in [7, 11) is 8.64. The number of benzene rings is 1. The highest BCUT2D eigenvalue weighted by atomic mass is 16.5. The third-order valence-corrected chi connectivity index (χ3v) is 3.81. The predicted molar refractivity (Wildman–Crippen MR) is 90.5 cm³/mol. The van der Waals surface area contributed by atoms with Crippen LogP contribution in [0.3, 0.4) is 0 Å². The van der Waals surface area contributed by atoms with Crippen LogP contribution in [0.15, 0.2) is 24.3 Å². The van der Waals surface area contributed by atoms with Crippen LogP contribution >= 0.6 is 0 Å². The average molecular weight is 321 g/mol. The summed E-state index contributed by atoms with van der Waals surface area (Å²) in [5.74, 6) is 0.471. The molecule has 1 rings (SSSR count). The monoisotopic (exact) mass is 321 g/mol. The second-order valence-electron chi connectivity index (χ2n) is 5.99. The zero-order valence-corrected chi connectivity index (χ0v) is 14.8. The summed E-state index contributed by atoms with van der Waals surface area (Å²) >= 11 is 0. The SMILES string of the molecule is COc1ccc(CC(NC(=O)C(C)N(C)C)C(=O)N(C)C)cc1. The molecule has 0 bridgehead atoms. The molecular weight excluding hydrogens is 294 g/mol. The molecule has 0 aliphatic carbocycles. The molecule has 2 atom stereocenters. The Bertz CT molecular complexity index is 526. The molecule has 0 radical (unpaired) electrons. The van der Waals surface area contributed by atoms with E-state index in [-0.39, 0.29) is 17.9 Å². The second-order valence-corrected chi connectivity index (χ2v) is 5.99. The number of amides is 2. The van der Waals surface area contributed by atoms with Crippen LogP contribution in [0.5, 0.6) is 5.75 Å². The largest absolute Gasteiger partial charge is 0.497 e. The van der Waals surface area contributed by atoms with E-state index in [0.717, 1.165) is 11.3 Å². The lowest BCUT2D eigenvalue weighted by Crippen LogP contribution is -2.52. The van der Waals surface area contributed by atoms with Gasteiger partial charge in [0, 0.05) is 20.5 Å². The van der Waals surface area contributed by atoms with Gasteiger partial charge in [0.1, 0.15) is 11.8 Å². The fourth-order valence-corrected chi connectivity index (χ4v) is 2.04. The number of hydrogen-bond donors (Lipinski definition) is 1. The van der Waals surface area contributed by atoms with Gasteiger partial charge in [-0.05, 0) is 38.7 Å². The molecule has 0 spiro atoms. The first kappa shape index (κ1) is 19.0. The summed E-state index contributed by atoms with van der Waals surface area (Å²) in [5.41, 5.74) is 0.962. The third kappa shape index (κ3) is 5.56. The molecule has 1 aromatic carbocycles. The number of carbonyl (C=O) groups is 2.